The number of hydrogen-bond donors (Lipinski definition) is 2. The Balaban J connectivity index is 0.00000169. The molecule has 0 aromatic heterocycles. The van der Waals surface area contributed by atoms with Gasteiger partial charge in [-0.3, -0.25) is 0 Å². The van der Waals surface area contributed by atoms with E-state index in [-0.39, 0.29) is 19.0 Å². The highest BCUT2D eigenvalue weighted by Gasteiger charge is 1.95. The van der Waals surface area contributed by atoms with Crippen LogP contribution in [-0.2, 0) is 16.5 Å². The Morgan fingerprint density at radius 3 is 2.57 bits per heavy atom. The van der Waals surface area contributed by atoms with E-state index in [1.165, 1.54) is 0 Å². The molecule has 0 atom stereocenters. The first-order valence-electron chi connectivity index (χ1n) is 3.60. The lowest BCUT2D eigenvalue weighted by molar-refractivity contribution is -0.335. The molecule has 1 amide bonds. The average molecular weight is 220 g/mol. The normalized spacial score (nSPS) is 8.86. The Bertz CT molecular complexity index is 267. The smallest absolute Gasteiger partial charge is 0.431 e. The maximum absolute atomic E-state index is 9.89. The second-order valence-electron chi connectivity index (χ2n) is 2.24. The summed E-state index contributed by atoms with van der Waals surface area (Å²) in [4.78, 5) is 18.6. The first-order chi connectivity index (χ1) is 6.29. The molecule has 0 heterocycles. The molecule has 0 spiro atoms. The first-order valence-corrected chi connectivity index (χ1v) is 3.60. The lowest BCUT2D eigenvalue weighted by Gasteiger charge is -2.01. The van der Waals surface area contributed by atoms with E-state index in [4.69, 9.17) is 5.11 Å². The van der Waals surface area contributed by atoms with Gasteiger partial charge in [0.05, 0.1) is 0 Å². The molecule has 78 valence electrons. The van der Waals surface area contributed by atoms with Crippen molar-refractivity contribution in [1.82, 2.24) is 5.48 Å². The van der Waals surface area contributed by atoms with E-state index >= 15 is 0 Å². The lowest BCUT2D eigenvalue weighted by Crippen LogP contribution is -2.21. The van der Waals surface area contributed by atoms with Crippen molar-refractivity contribution in [3.63, 3.8) is 0 Å². The van der Waals surface area contributed by atoms with E-state index in [1.54, 1.807) is 5.48 Å². The molecule has 0 saturated carbocycles. The van der Waals surface area contributed by atoms with Gasteiger partial charge in [-0.05, 0) is 5.56 Å². The van der Waals surface area contributed by atoms with Crippen LogP contribution in [0.5, 0.6) is 0 Å². The van der Waals surface area contributed by atoms with Crippen molar-refractivity contribution in [1.29, 1.82) is 0 Å². The fourth-order valence-electron chi connectivity index (χ4n) is 0.737. The minimum atomic E-state index is -1.30. The van der Waals surface area contributed by atoms with E-state index in [9.17, 15) is 4.79 Å². The molecule has 0 bridgehead atoms. The van der Waals surface area contributed by atoms with Gasteiger partial charge in [-0.1, -0.05) is 30.3 Å². The van der Waals surface area contributed by atoms with Crippen LogP contribution in [0.2, 0.25) is 0 Å². The van der Waals surface area contributed by atoms with Crippen LogP contribution in [0, 0.1) is 0 Å². The molecule has 6 heteroatoms. The number of hydrogen-bond acceptors (Lipinski definition) is 3. The standard InChI is InChI=1S/C8H9NO4.ClH/c10-8(11)9-13-12-6-7-4-2-1-3-5-7;/h1-5,9H,6H2,(H,10,11);1H. The number of amides is 1. The Labute approximate surface area is 86.9 Å². The summed E-state index contributed by atoms with van der Waals surface area (Å²) in [5, 5.41) is 8.09. The molecule has 0 radical (unpaired) electrons. The van der Waals surface area contributed by atoms with E-state index in [1.807, 2.05) is 30.3 Å². The van der Waals surface area contributed by atoms with Crippen molar-refractivity contribution < 1.29 is 19.8 Å². The minimum absolute atomic E-state index is 0. The molecule has 1 aromatic carbocycles. The lowest BCUT2D eigenvalue weighted by atomic mass is 10.2. The summed E-state index contributed by atoms with van der Waals surface area (Å²) in [6.45, 7) is 0.196. The predicted molar refractivity (Wildman–Crippen MR) is 50.7 cm³/mol. The van der Waals surface area contributed by atoms with Crippen LogP contribution in [0.15, 0.2) is 30.3 Å². The number of carboxylic acid groups (broad SMARTS) is 1. The molecule has 0 aliphatic heterocycles. The Morgan fingerprint density at radius 1 is 1.36 bits per heavy atom. The van der Waals surface area contributed by atoms with Crippen molar-refractivity contribution in [3.8, 4) is 0 Å². The largest absolute Gasteiger partial charge is 0.463 e. The zero-order chi connectivity index (χ0) is 9.52. The van der Waals surface area contributed by atoms with Crippen LogP contribution in [0.25, 0.3) is 0 Å². The maximum Gasteiger partial charge on any atom is 0.431 e. The van der Waals surface area contributed by atoms with Gasteiger partial charge >= 0.3 is 6.09 Å². The molecular formula is C8H10ClNO4. The van der Waals surface area contributed by atoms with Crippen LogP contribution in [0.1, 0.15) is 5.56 Å². The first kappa shape index (κ1) is 12.7. The summed E-state index contributed by atoms with van der Waals surface area (Å²) < 4.78 is 0. The quantitative estimate of drug-likeness (QED) is 0.460. The van der Waals surface area contributed by atoms with Gasteiger partial charge in [-0.15, -0.1) is 17.4 Å². The Kier molecular flexibility index (Phi) is 6.47. The van der Waals surface area contributed by atoms with Gasteiger partial charge in [0.2, 0.25) is 0 Å². The number of benzene rings is 1. The van der Waals surface area contributed by atoms with Crippen molar-refractivity contribution in [3.05, 3.63) is 35.9 Å². The summed E-state index contributed by atoms with van der Waals surface area (Å²) in [5.74, 6) is 0. The molecule has 14 heavy (non-hydrogen) atoms. The third-order valence-electron chi connectivity index (χ3n) is 1.26. The molecule has 0 unspecified atom stereocenters. The summed E-state index contributed by atoms with van der Waals surface area (Å²) in [5.41, 5.74) is 2.51. The number of rotatable bonds is 4. The SMILES string of the molecule is Cl.O=C(O)NOOCc1ccccc1. The van der Waals surface area contributed by atoms with Crippen LogP contribution in [-0.4, -0.2) is 11.2 Å². The van der Waals surface area contributed by atoms with Gasteiger partial charge < -0.3 is 5.11 Å². The number of nitrogens with one attached hydrogen (secondary N) is 1. The molecular weight excluding hydrogens is 210 g/mol. The average Bonchev–Trinajstić information content (AvgIpc) is 2.14. The van der Waals surface area contributed by atoms with Crippen LogP contribution >= 0.6 is 12.4 Å². The Hall–Kier alpha value is -1.30. The monoisotopic (exact) mass is 219 g/mol. The minimum Gasteiger partial charge on any atom is -0.463 e. The third-order valence-corrected chi connectivity index (χ3v) is 1.26. The van der Waals surface area contributed by atoms with Gasteiger partial charge in [0.25, 0.3) is 0 Å². The van der Waals surface area contributed by atoms with Crippen molar-refractivity contribution in [2.75, 3.05) is 0 Å². The summed E-state index contributed by atoms with van der Waals surface area (Å²) in [6.07, 6.45) is -1.30. The highest BCUT2D eigenvalue weighted by atomic mass is 35.5. The van der Waals surface area contributed by atoms with Crippen molar-refractivity contribution in [2.45, 2.75) is 6.61 Å². The van der Waals surface area contributed by atoms with E-state index in [2.05, 4.69) is 9.88 Å². The molecule has 2 N–H and O–H groups in total. The van der Waals surface area contributed by atoms with Gasteiger partial charge in [0, 0.05) is 0 Å². The molecule has 0 saturated heterocycles. The van der Waals surface area contributed by atoms with Gasteiger partial charge in [-0.2, -0.15) is 5.48 Å². The fraction of sp³-hybridized carbons (Fsp3) is 0.125. The topological polar surface area (TPSA) is 67.8 Å². The van der Waals surface area contributed by atoms with Crippen molar-refractivity contribution >= 4 is 18.5 Å². The third kappa shape index (κ3) is 5.36. The predicted octanol–water partition coefficient (Wildman–Crippen LogP) is 1.74. The summed E-state index contributed by atoms with van der Waals surface area (Å²) in [7, 11) is 0. The fourth-order valence-corrected chi connectivity index (χ4v) is 0.737. The number of hydroxylamine groups is 1. The maximum atomic E-state index is 9.89. The molecule has 0 aliphatic rings. The van der Waals surface area contributed by atoms with Gasteiger partial charge in [0.1, 0.15) is 6.61 Å². The molecule has 1 aromatic rings. The molecule has 0 fully saturated rings. The van der Waals surface area contributed by atoms with Crippen LogP contribution in [0.4, 0.5) is 4.79 Å². The Morgan fingerprint density at radius 2 is 2.00 bits per heavy atom. The van der Waals surface area contributed by atoms with Crippen molar-refractivity contribution in [2.24, 2.45) is 0 Å². The molecule has 1 rings (SSSR count). The summed E-state index contributed by atoms with van der Waals surface area (Å²) >= 11 is 0. The van der Waals surface area contributed by atoms with E-state index < -0.39 is 6.09 Å². The van der Waals surface area contributed by atoms with E-state index in [0.717, 1.165) is 5.56 Å². The van der Waals surface area contributed by atoms with Gasteiger partial charge in [-0.25, -0.2) is 9.68 Å². The van der Waals surface area contributed by atoms with Gasteiger partial charge in [0.15, 0.2) is 0 Å². The zero-order valence-corrected chi connectivity index (χ0v) is 7.99. The number of halogens is 1. The highest BCUT2D eigenvalue weighted by molar-refractivity contribution is 5.85. The summed E-state index contributed by atoms with van der Waals surface area (Å²) in [6, 6.07) is 9.25. The van der Waals surface area contributed by atoms with Crippen LogP contribution in [0.3, 0.4) is 0 Å². The van der Waals surface area contributed by atoms with E-state index in [0.29, 0.717) is 0 Å². The van der Waals surface area contributed by atoms with Crippen LogP contribution < -0.4 is 5.48 Å². The molecule has 0 aliphatic carbocycles. The number of carbonyl (C=O) groups is 1. The molecule has 5 nitrogen and oxygen atoms in total. The second-order valence-corrected chi connectivity index (χ2v) is 2.24. The second kappa shape index (κ2) is 7.14. The highest BCUT2D eigenvalue weighted by Crippen LogP contribution is 1.99. The zero-order valence-electron chi connectivity index (χ0n) is 7.17.